The van der Waals surface area contributed by atoms with Crippen molar-refractivity contribution >= 4 is 24.6 Å². The number of hydrogen-bond acceptors (Lipinski definition) is 1. The summed E-state index contributed by atoms with van der Waals surface area (Å²) < 4.78 is 1.34. The second-order valence-electron chi connectivity index (χ2n) is 5.78. The zero-order valence-corrected chi connectivity index (χ0v) is 13.4. The summed E-state index contributed by atoms with van der Waals surface area (Å²) in [5.41, 5.74) is 0. The molecule has 0 heterocycles. The molecule has 1 saturated carbocycles. The second-order valence-corrected chi connectivity index (χ2v) is 21.6. The Morgan fingerprint density at radius 3 is 2.40 bits per heavy atom. The van der Waals surface area contributed by atoms with Gasteiger partial charge in [0.1, 0.15) is 0 Å². The fourth-order valence-corrected chi connectivity index (χ4v) is 4.29. The first-order valence-corrected chi connectivity index (χ1v) is 16.8. The Kier molecular flexibility index (Phi) is 5.95. The normalized spacial score (nSPS) is 20.5. The summed E-state index contributed by atoms with van der Waals surface area (Å²) in [6, 6.07) is 0.626. The molecule has 1 fully saturated rings. The van der Waals surface area contributed by atoms with Crippen LogP contribution in [0, 0.1) is 0 Å². The Balaban J connectivity index is 2.20. The third-order valence-corrected chi connectivity index (χ3v) is 6.99. The van der Waals surface area contributed by atoms with E-state index in [-0.39, 0.29) is 0 Å². The minimum absolute atomic E-state index is 0.626. The van der Waals surface area contributed by atoms with Crippen LogP contribution in [-0.2, 0) is 0 Å². The van der Waals surface area contributed by atoms with Crippen molar-refractivity contribution in [3.63, 3.8) is 0 Å². The molecule has 1 rings (SSSR count). The molecule has 0 bridgehead atoms. The van der Waals surface area contributed by atoms with Gasteiger partial charge in [-0.05, 0) is 0 Å². The Labute approximate surface area is 98.9 Å². The third kappa shape index (κ3) is 7.15. The van der Waals surface area contributed by atoms with Crippen molar-refractivity contribution in [3.05, 3.63) is 12.2 Å². The van der Waals surface area contributed by atoms with Gasteiger partial charge in [-0.2, -0.15) is 0 Å². The fraction of sp³-hybridized carbons (Fsp3) is 0.769. The summed E-state index contributed by atoms with van der Waals surface area (Å²) >= 11 is -1.56. The van der Waals surface area contributed by atoms with E-state index in [4.69, 9.17) is 0 Å². The molecule has 0 radical (unpaired) electrons. The van der Waals surface area contributed by atoms with Crippen LogP contribution >= 0.6 is 0 Å². The van der Waals surface area contributed by atoms with Gasteiger partial charge in [0.15, 0.2) is 0 Å². The molecule has 0 unspecified atom stereocenters. The number of hydrogen-bond donors (Lipinski definition) is 0. The minimum atomic E-state index is -1.56. The summed E-state index contributed by atoms with van der Waals surface area (Å²) in [5, 5.41) is 0. The molecule has 0 aromatic heterocycles. The van der Waals surface area contributed by atoms with E-state index in [0.717, 1.165) is 0 Å². The van der Waals surface area contributed by atoms with E-state index in [1.807, 2.05) is 6.21 Å². The van der Waals surface area contributed by atoms with Crippen LogP contribution < -0.4 is 0 Å². The Morgan fingerprint density at radius 2 is 1.80 bits per heavy atom. The Bertz CT molecular complexity index is 219. The van der Waals surface area contributed by atoms with Crippen LogP contribution in [0.5, 0.6) is 0 Å². The molecule has 0 N–H and O–H groups in total. The van der Waals surface area contributed by atoms with Crippen LogP contribution in [0.3, 0.4) is 0 Å². The van der Waals surface area contributed by atoms with Crippen molar-refractivity contribution in [1.29, 1.82) is 0 Å². The molecule has 1 nitrogen and oxygen atoms in total. The molecule has 1 aliphatic rings. The fourth-order valence-electron chi connectivity index (χ4n) is 1.88. The van der Waals surface area contributed by atoms with E-state index in [2.05, 4.69) is 32.0 Å². The van der Waals surface area contributed by atoms with E-state index in [1.165, 1.54) is 36.5 Å². The van der Waals surface area contributed by atoms with Gasteiger partial charge in [-0.1, -0.05) is 0 Å². The third-order valence-electron chi connectivity index (χ3n) is 2.82. The monoisotopic (exact) mass is 315 g/mol. The maximum atomic E-state index is 4.61. The predicted molar refractivity (Wildman–Crippen MR) is 72.7 cm³/mol. The molecule has 0 atom stereocenters. The average Bonchev–Trinajstić information content (AvgIpc) is 2.17. The Morgan fingerprint density at radius 1 is 1.13 bits per heavy atom. The van der Waals surface area contributed by atoms with Crippen molar-refractivity contribution in [3.8, 4) is 0 Å². The van der Waals surface area contributed by atoms with E-state index >= 15 is 0 Å². The van der Waals surface area contributed by atoms with Crippen molar-refractivity contribution in [2.24, 2.45) is 4.99 Å². The van der Waals surface area contributed by atoms with Crippen molar-refractivity contribution in [2.75, 3.05) is 0 Å². The summed E-state index contributed by atoms with van der Waals surface area (Å²) in [5.74, 6) is 0. The average molecular weight is 314 g/mol. The molecule has 0 aliphatic heterocycles. The van der Waals surface area contributed by atoms with E-state index in [0.29, 0.717) is 6.04 Å². The van der Waals surface area contributed by atoms with Gasteiger partial charge in [0, 0.05) is 0 Å². The van der Waals surface area contributed by atoms with Crippen LogP contribution in [0.1, 0.15) is 32.1 Å². The zero-order chi connectivity index (χ0) is 11.1. The summed E-state index contributed by atoms with van der Waals surface area (Å²) in [6.45, 7) is 0. The molecular formula is C13H25NSn. The van der Waals surface area contributed by atoms with Gasteiger partial charge in [-0.25, -0.2) is 0 Å². The van der Waals surface area contributed by atoms with Gasteiger partial charge < -0.3 is 0 Å². The van der Waals surface area contributed by atoms with Crippen LogP contribution in [0.4, 0.5) is 0 Å². The molecular weight excluding hydrogens is 289 g/mol. The van der Waals surface area contributed by atoms with Gasteiger partial charge in [0.2, 0.25) is 0 Å². The predicted octanol–water partition coefficient (Wildman–Crippen LogP) is 4.28. The number of nitrogens with zero attached hydrogens (tertiary/aromatic N) is 1. The van der Waals surface area contributed by atoms with Gasteiger partial charge in [-0.15, -0.1) is 0 Å². The number of rotatable bonds is 4. The molecule has 2 heteroatoms. The van der Waals surface area contributed by atoms with Gasteiger partial charge in [0.25, 0.3) is 0 Å². The van der Waals surface area contributed by atoms with Gasteiger partial charge in [-0.3, -0.25) is 0 Å². The first-order chi connectivity index (χ1) is 7.08. The van der Waals surface area contributed by atoms with Gasteiger partial charge in [0.05, 0.1) is 0 Å². The molecule has 0 aromatic carbocycles. The standard InChI is InChI=1S/C10H16N.3CH3.Sn/c1-2-3-9-11-10-7-5-4-6-8-10;;;;/h2-3,9-10H,1,4-8H2;3*1H3;/b3-2+,11-9?;;;;. The molecule has 0 amide bonds. The molecule has 1 aliphatic carbocycles. The van der Waals surface area contributed by atoms with Crippen LogP contribution in [0.25, 0.3) is 0 Å². The van der Waals surface area contributed by atoms with Crippen molar-refractivity contribution in [1.82, 2.24) is 0 Å². The summed E-state index contributed by atoms with van der Waals surface area (Å²) in [4.78, 5) is 12.0. The van der Waals surface area contributed by atoms with E-state index in [1.54, 1.807) is 0 Å². The molecule has 0 aromatic rings. The second kappa shape index (κ2) is 6.72. The first kappa shape index (κ1) is 13.3. The molecule has 0 saturated heterocycles. The molecule has 86 valence electrons. The van der Waals surface area contributed by atoms with Crippen LogP contribution in [0.2, 0.25) is 19.3 Å². The summed E-state index contributed by atoms with van der Waals surface area (Å²) in [6.07, 6.45) is 13.3. The summed E-state index contributed by atoms with van der Waals surface area (Å²) in [7, 11) is 0. The Hall–Kier alpha value is 0.209. The van der Waals surface area contributed by atoms with Crippen molar-refractivity contribution in [2.45, 2.75) is 57.4 Å². The zero-order valence-electron chi connectivity index (χ0n) is 10.5. The number of aliphatic imine (C=N–C) groups is 1. The van der Waals surface area contributed by atoms with Crippen LogP contribution in [0.15, 0.2) is 17.1 Å². The van der Waals surface area contributed by atoms with Gasteiger partial charge >= 0.3 is 99.1 Å². The van der Waals surface area contributed by atoms with Crippen LogP contribution in [-0.4, -0.2) is 30.6 Å². The topological polar surface area (TPSA) is 12.4 Å². The quantitative estimate of drug-likeness (QED) is 0.542. The van der Waals surface area contributed by atoms with Crippen molar-refractivity contribution < 1.29 is 0 Å². The number of allylic oxidation sites excluding steroid dienone is 2. The maximum absolute atomic E-state index is 4.61. The molecule has 0 spiro atoms. The first-order valence-electron chi connectivity index (χ1n) is 6.26. The SMILES string of the molecule is [CH3][Sn]([CH3])([CH3])[CH2]/C=C/C=NC1CCCCC1. The van der Waals surface area contributed by atoms with E-state index < -0.39 is 18.4 Å². The van der Waals surface area contributed by atoms with E-state index in [9.17, 15) is 0 Å². The molecule has 15 heavy (non-hydrogen) atoms.